The molecule has 0 aromatic carbocycles. The number of hydrogen-bond donors (Lipinski definition) is 2. The summed E-state index contributed by atoms with van der Waals surface area (Å²) in [5.74, 6) is -0.0237. The highest BCUT2D eigenvalue weighted by molar-refractivity contribution is 5.91. The van der Waals surface area contributed by atoms with Crippen molar-refractivity contribution in [2.24, 2.45) is 5.41 Å². The highest BCUT2D eigenvalue weighted by atomic mass is 16.6. The van der Waals surface area contributed by atoms with Crippen LogP contribution in [0.3, 0.4) is 0 Å². The quantitative estimate of drug-likeness (QED) is 0.476. The van der Waals surface area contributed by atoms with E-state index in [9.17, 15) is 14.4 Å². The Labute approximate surface area is 182 Å². The summed E-state index contributed by atoms with van der Waals surface area (Å²) in [5, 5.41) is 5.36. The number of Topliss-reactive ketones (excluding diaryl/α,β-unsaturated/α-hetero) is 1. The first-order valence-electron chi connectivity index (χ1n) is 10.6. The second-order valence-electron chi connectivity index (χ2n) is 10.6. The third-order valence-electron chi connectivity index (χ3n) is 3.90. The van der Waals surface area contributed by atoms with E-state index in [2.05, 4.69) is 17.2 Å². The lowest BCUT2D eigenvalue weighted by atomic mass is 9.84. The van der Waals surface area contributed by atoms with E-state index in [0.717, 1.165) is 19.3 Å². The number of amides is 2. The zero-order chi connectivity index (χ0) is 23.8. The van der Waals surface area contributed by atoms with Gasteiger partial charge in [-0.3, -0.25) is 10.1 Å². The first kappa shape index (κ1) is 27.9. The van der Waals surface area contributed by atoms with Crippen LogP contribution in [-0.2, 0) is 14.3 Å². The Hall–Kier alpha value is -2.05. The van der Waals surface area contributed by atoms with Crippen molar-refractivity contribution in [3.63, 3.8) is 0 Å². The first-order valence-corrected chi connectivity index (χ1v) is 10.6. The topological polar surface area (TPSA) is 93.7 Å². The van der Waals surface area contributed by atoms with E-state index in [1.807, 2.05) is 20.8 Å². The number of ketones is 1. The third kappa shape index (κ3) is 14.0. The SMILES string of the molecule is C=C(CCCCC[C@H](NC(=O)OC(C)(C)C)C(=O)C(C)(C)C)NC(=O)OC(C)(C)C. The fourth-order valence-electron chi connectivity index (χ4n) is 2.62. The van der Waals surface area contributed by atoms with E-state index >= 15 is 0 Å². The lowest BCUT2D eigenvalue weighted by molar-refractivity contribution is -0.128. The van der Waals surface area contributed by atoms with Gasteiger partial charge in [-0.15, -0.1) is 0 Å². The maximum absolute atomic E-state index is 12.7. The molecule has 7 heteroatoms. The summed E-state index contributed by atoms with van der Waals surface area (Å²) < 4.78 is 10.5. The van der Waals surface area contributed by atoms with Crippen LogP contribution in [0, 0.1) is 5.41 Å². The molecule has 0 saturated carbocycles. The summed E-state index contributed by atoms with van der Waals surface area (Å²) in [6.07, 6.45) is 2.45. The molecule has 0 aromatic heterocycles. The molecule has 0 aliphatic rings. The maximum atomic E-state index is 12.7. The summed E-state index contributed by atoms with van der Waals surface area (Å²) in [6.45, 7) is 20.1. The molecule has 174 valence electrons. The summed E-state index contributed by atoms with van der Waals surface area (Å²) in [7, 11) is 0. The molecular weight excluding hydrogens is 384 g/mol. The number of allylic oxidation sites excluding steroid dienone is 1. The number of rotatable bonds is 9. The van der Waals surface area contributed by atoms with Gasteiger partial charge in [-0.1, -0.05) is 40.2 Å². The number of nitrogens with one attached hydrogen (secondary N) is 2. The smallest absolute Gasteiger partial charge is 0.411 e. The van der Waals surface area contributed by atoms with Crippen LogP contribution in [0.1, 0.15) is 94.4 Å². The van der Waals surface area contributed by atoms with Gasteiger partial charge in [0.2, 0.25) is 0 Å². The molecule has 0 heterocycles. The molecule has 0 aliphatic heterocycles. The second-order valence-corrected chi connectivity index (χ2v) is 10.6. The molecule has 0 spiro atoms. The van der Waals surface area contributed by atoms with Crippen LogP contribution >= 0.6 is 0 Å². The van der Waals surface area contributed by atoms with E-state index in [1.54, 1.807) is 41.5 Å². The van der Waals surface area contributed by atoms with E-state index in [1.165, 1.54) is 0 Å². The lowest BCUT2D eigenvalue weighted by Crippen LogP contribution is -2.47. The van der Waals surface area contributed by atoms with Crippen LogP contribution in [-0.4, -0.2) is 35.2 Å². The Morgan fingerprint density at radius 2 is 1.30 bits per heavy atom. The van der Waals surface area contributed by atoms with E-state index in [0.29, 0.717) is 18.5 Å². The lowest BCUT2D eigenvalue weighted by Gasteiger charge is -2.27. The van der Waals surface area contributed by atoms with E-state index in [4.69, 9.17) is 9.47 Å². The number of carbonyl (C=O) groups is 3. The van der Waals surface area contributed by atoms with Crippen molar-refractivity contribution in [1.82, 2.24) is 10.6 Å². The van der Waals surface area contributed by atoms with Gasteiger partial charge in [-0.25, -0.2) is 9.59 Å². The molecule has 0 unspecified atom stereocenters. The van der Waals surface area contributed by atoms with Gasteiger partial charge in [0.1, 0.15) is 11.2 Å². The Balaban J connectivity index is 4.52. The average Bonchev–Trinajstić information content (AvgIpc) is 2.47. The Morgan fingerprint density at radius 3 is 1.77 bits per heavy atom. The van der Waals surface area contributed by atoms with Crippen LogP contribution < -0.4 is 10.6 Å². The maximum Gasteiger partial charge on any atom is 0.411 e. The molecule has 2 N–H and O–H groups in total. The number of ether oxygens (including phenoxy) is 2. The summed E-state index contributed by atoms with van der Waals surface area (Å²) >= 11 is 0. The standard InChI is InChI=1S/C23H42N2O5/c1-16(24-19(27)29-22(5,6)7)14-12-11-13-15-17(18(26)21(2,3)4)25-20(28)30-23(8,9)10/h17H,1,11-15H2,2-10H3,(H,24,27)(H,25,28)/t17-/m0/s1. The Kier molecular flexibility index (Phi) is 10.6. The minimum atomic E-state index is -0.624. The van der Waals surface area contributed by atoms with Crippen molar-refractivity contribution in [2.45, 2.75) is 112 Å². The van der Waals surface area contributed by atoms with Crippen molar-refractivity contribution in [3.05, 3.63) is 12.3 Å². The largest absolute Gasteiger partial charge is 0.444 e. The Morgan fingerprint density at radius 1 is 0.800 bits per heavy atom. The molecule has 7 nitrogen and oxygen atoms in total. The highest BCUT2D eigenvalue weighted by Crippen LogP contribution is 2.21. The van der Waals surface area contributed by atoms with Crippen molar-refractivity contribution >= 4 is 18.0 Å². The summed E-state index contributed by atoms with van der Waals surface area (Å²) in [6, 6.07) is -0.595. The first-order chi connectivity index (χ1) is 13.4. The van der Waals surface area contributed by atoms with Gasteiger partial charge in [-0.05, 0) is 60.8 Å². The average molecular weight is 427 g/mol. The molecule has 0 aromatic rings. The zero-order valence-electron chi connectivity index (χ0n) is 20.4. The van der Waals surface area contributed by atoms with Crippen molar-refractivity contribution < 1.29 is 23.9 Å². The van der Waals surface area contributed by atoms with Crippen LogP contribution in [0.5, 0.6) is 0 Å². The Bertz CT molecular complexity index is 607. The molecule has 0 bridgehead atoms. The predicted octanol–water partition coefficient (Wildman–Crippen LogP) is 5.48. The van der Waals surface area contributed by atoms with Gasteiger partial charge >= 0.3 is 12.2 Å². The number of hydrogen-bond acceptors (Lipinski definition) is 5. The molecular formula is C23H42N2O5. The molecule has 1 atom stereocenters. The van der Waals surface area contributed by atoms with Gasteiger partial charge in [0.05, 0.1) is 6.04 Å². The van der Waals surface area contributed by atoms with Crippen molar-refractivity contribution in [3.8, 4) is 0 Å². The summed E-state index contributed by atoms with van der Waals surface area (Å²) in [5.41, 5.74) is -1.15. The number of unbranched alkanes of at least 4 members (excludes halogenated alkanes) is 2. The molecule has 30 heavy (non-hydrogen) atoms. The highest BCUT2D eigenvalue weighted by Gasteiger charge is 2.31. The van der Waals surface area contributed by atoms with E-state index in [-0.39, 0.29) is 5.78 Å². The van der Waals surface area contributed by atoms with E-state index < -0.39 is 34.8 Å². The zero-order valence-corrected chi connectivity index (χ0v) is 20.4. The second kappa shape index (κ2) is 11.4. The minimum Gasteiger partial charge on any atom is -0.444 e. The van der Waals surface area contributed by atoms with Gasteiger partial charge in [0.15, 0.2) is 5.78 Å². The molecule has 0 rings (SSSR count). The van der Waals surface area contributed by atoms with Crippen LogP contribution in [0.15, 0.2) is 12.3 Å². The van der Waals surface area contributed by atoms with Crippen molar-refractivity contribution in [2.75, 3.05) is 0 Å². The fourth-order valence-corrected chi connectivity index (χ4v) is 2.62. The normalized spacial score (nSPS) is 13.2. The number of alkyl carbamates (subject to hydrolysis) is 2. The minimum absolute atomic E-state index is 0.0237. The van der Waals surface area contributed by atoms with Crippen molar-refractivity contribution in [1.29, 1.82) is 0 Å². The molecule has 0 saturated heterocycles. The molecule has 0 aliphatic carbocycles. The van der Waals surface area contributed by atoms with Crippen LogP contribution in [0.4, 0.5) is 9.59 Å². The van der Waals surface area contributed by atoms with Gasteiger partial charge in [0, 0.05) is 11.1 Å². The molecule has 0 fully saturated rings. The monoisotopic (exact) mass is 426 g/mol. The van der Waals surface area contributed by atoms with Gasteiger partial charge < -0.3 is 14.8 Å². The van der Waals surface area contributed by atoms with Gasteiger partial charge in [0.25, 0.3) is 0 Å². The fraction of sp³-hybridized carbons (Fsp3) is 0.783. The number of carbonyl (C=O) groups excluding carboxylic acids is 3. The molecule has 2 amide bonds. The third-order valence-corrected chi connectivity index (χ3v) is 3.90. The predicted molar refractivity (Wildman–Crippen MR) is 119 cm³/mol. The molecule has 0 radical (unpaired) electrons. The van der Waals surface area contributed by atoms with Crippen LogP contribution in [0.2, 0.25) is 0 Å². The van der Waals surface area contributed by atoms with Gasteiger partial charge in [-0.2, -0.15) is 0 Å². The van der Waals surface area contributed by atoms with Crippen LogP contribution in [0.25, 0.3) is 0 Å². The summed E-state index contributed by atoms with van der Waals surface area (Å²) in [4.78, 5) is 36.6.